The zero-order chi connectivity index (χ0) is 19.9. The number of carbonyl (C=O) groups is 1. The molecule has 0 spiro atoms. The van der Waals surface area contributed by atoms with Crippen LogP contribution in [0.15, 0.2) is 66.9 Å². The van der Waals surface area contributed by atoms with Crippen LogP contribution in [-0.4, -0.2) is 22.5 Å². The summed E-state index contributed by atoms with van der Waals surface area (Å²) in [4.78, 5) is 19.0. The molecule has 2 amide bonds. The number of carbonyl (C=O) groups excluding carboxylic acids is 1. The van der Waals surface area contributed by atoms with Gasteiger partial charge in [0.1, 0.15) is 0 Å². The molecule has 0 aliphatic heterocycles. The summed E-state index contributed by atoms with van der Waals surface area (Å²) in [5, 5.41) is 4.19. The van der Waals surface area contributed by atoms with Gasteiger partial charge in [0.2, 0.25) is 0 Å². The van der Waals surface area contributed by atoms with Crippen LogP contribution in [0.5, 0.6) is 0 Å². The van der Waals surface area contributed by atoms with Crippen LogP contribution in [0.3, 0.4) is 0 Å². The normalized spacial score (nSPS) is 10.5. The number of benzene rings is 2. The van der Waals surface area contributed by atoms with Crippen LogP contribution in [0.1, 0.15) is 16.8 Å². The van der Waals surface area contributed by atoms with E-state index in [2.05, 4.69) is 10.3 Å². The third-order valence-corrected chi connectivity index (χ3v) is 5.01. The van der Waals surface area contributed by atoms with Gasteiger partial charge in [-0.25, -0.2) is 4.79 Å². The summed E-state index contributed by atoms with van der Waals surface area (Å²) in [5.74, 6) is 0. The number of para-hydroxylation sites is 1. The molecule has 0 bridgehead atoms. The van der Waals surface area contributed by atoms with Crippen LogP contribution in [0.2, 0.25) is 10.0 Å². The van der Waals surface area contributed by atoms with Crippen molar-refractivity contribution in [3.63, 3.8) is 0 Å². The number of aryl methyl sites for hydroxylation is 1. The molecule has 1 N–H and O–H groups in total. The van der Waals surface area contributed by atoms with Crippen LogP contribution in [0.25, 0.3) is 0 Å². The van der Waals surface area contributed by atoms with E-state index in [1.165, 1.54) is 0 Å². The molecule has 4 nitrogen and oxygen atoms in total. The first-order chi connectivity index (χ1) is 13.5. The summed E-state index contributed by atoms with van der Waals surface area (Å²) in [6.45, 7) is 2.87. The van der Waals surface area contributed by atoms with E-state index in [-0.39, 0.29) is 6.03 Å². The maximum atomic E-state index is 13.0. The topological polar surface area (TPSA) is 45.2 Å². The second kappa shape index (κ2) is 9.58. The quantitative estimate of drug-likeness (QED) is 0.540. The summed E-state index contributed by atoms with van der Waals surface area (Å²) in [5.41, 5.74) is 3.57. The highest BCUT2D eigenvalue weighted by Crippen LogP contribution is 2.22. The summed E-state index contributed by atoms with van der Waals surface area (Å²) in [6.07, 6.45) is 2.34. The molecule has 1 aromatic heterocycles. The Balaban J connectivity index is 1.76. The Morgan fingerprint density at radius 2 is 1.86 bits per heavy atom. The zero-order valence-corrected chi connectivity index (χ0v) is 17.0. The molecule has 1 heterocycles. The molecular formula is C22H21Cl2N3O. The number of halogens is 2. The molecule has 144 valence electrons. The van der Waals surface area contributed by atoms with Gasteiger partial charge in [0.05, 0.1) is 12.2 Å². The molecule has 0 atom stereocenters. The van der Waals surface area contributed by atoms with Gasteiger partial charge in [-0.05, 0) is 54.8 Å². The number of rotatable bonds is 6. The Morgan fingerprint density at radius 3 is 2.57 bits per heavy atom. The minimum atomic E-state index is -0.176. The third-order valence-electron chi connectivity index (χ3n) is 4.42. The SMILES string of the molecule is Cc1ccccc1NC(=O)N(CCc1ccc(Cl)cc1Cl)Cc1ccccn1. The molecule has 0 saturated carbocycles. The van der Waals surface area contributed by atoms with E-state index in [1.807, 2.05) is 55.5 Å². The molecule has 3 rings (SSSR count). The van der Waals surface area contributed by atoms with Gasteiger partial charge in [-0.2, -0.15) is 0 Å². The van der Waals surface area contributed by atoms with Crippen molar-refractivity contribution in [1.82, 2.24) is 9.88 Å². The van der Waals surface area contributed by atoms with Crippen molar-refractivity contribution in [3.8, 4) is 0 Å². The average Bonchev–Trinajstić information content (AvgIpc) is 2.69. The number of hydrogen-bond acceptors (Lipinski definition) is 2. The van der Waals surface area contributed by atoms with Crippen LogP contribution in [0.4, 0.5) is 10.5 Å². The average molecular weight is 414 g/mol. The summed E-state index contributed by atoms with van der Waals surface area (Å²) in [6, 6.07) is 18.6. The largest absolute Gasteiger partial charge is 0.322 e. The summed E-state index contributed by atoms with van der Waals surface area (Å²) >= 11 is 12.3. The lowest BCUT2D eigenvalue weighted by Crippen LogP contribution is -2.36. The number of pyridine rings is 1. The second-order valence-corrected chi connectivity index (χ2v) is 7.32. The zero-order valence-electron chi connectivity index (χ0n) is 15.5. The molecular weight excluding hydrogens is 393 g/mol. The van der Waals surface area contributed by atoms with Crippen molar-refractivity contribution >= 4 is 34.9 Å². The number of nitrogens with zero attached hydrogens (tertiary/aromatic N) is 2. The molecule has 0 aliphatic rings. The monoisotopic (exact) mass is 413 g/mol. The molecule has 6 heteroatoms. The van der Waals surface area contributed by atoms with Crippen LogP contribution >= 0.6 is 23.2 Å². The molecule has 0 radical (unpaired) electrons. The molecule has 0 aliphatic carbocycles. The maximum absolute atomic E-state index is 13.0. The van der Waals surface area contributed by atoms with Crippen LogP contribution in [0, 0.1) is 6.92 Å². The number of hydrogen-bond donors (Lipinski definition) is 1. The Labute approximate surface area is 175 Å². The standard InChI is InChI=1S/C22H21Cl2N3O/c1-16-6-2-3-8-21(16)26-22(28)27(15-19-7-4-5-12-25-19)13-11-17-9-10-18(23)14-20(17)24/h2-10,12,14H,11,13,15H2,1H3,(H,26,28). The fourth-order valence-corrected chi connectivity index (χ4v) is 3.33. The van der Waals surface area contributed by atoms with E-state index in [0.29, 0.717) is 29.6 Å². The van der Waals surface area contributed by atoms with E-state index in [0.717, 1.165) is 22.5 Å². The molecule has 3 aromatic rings. The van der Waals surface area contributed by atoms with Crippen molar-refractivity contribution in [3.05, 3.63) is 93.7 Å². The highest BCUT2D eigenvalue weighted by atomic mass is 35.5. The Bertz CT molecular complexity index is 948. The molecule has 28 heavy (non-hydrogen) atoms. The summed E-state index contributed by atoms with van der Waals surface area (Å²) < 4.78 is 0. The minimum absolute atomic E-state index is 0.176. The number of aromatic nitrogens is 1. The van der Waals surface area contributed by atoms with Crippen LogP contribution in [-0.2, 0) is 13.0 Å². The lowest BCUT2D eigenvalue weighted by Gasteiger charge is -2.23. The van der Waals surface area contributed by atoms with Crippen molar-refractivity contribution in [2.75, 3.05) is 11.9 Å². The van der Waals surface area contributed by atoms with E-state index in [9.17, 15) is 4.79 Å². The molecule has 0 fully saturated rings. The van der Waals surface area contributed by atoms with Gasteiger partial charge in [0.15, 0.2) is 0 Å². The van der Waals surface area contributed by atoms with E-state index < -0.39 is 0 Å². The number of urea groups is 1. The van der Waals surface area contributed by atoms with Crippen molar-refractivity contribution in [1.29, 1.82) is 0 Å². The highest BCUT2D eigenvalue weighted by Gasteiger charge is 2.16. The lowest BCUT2D eigenvalue weighted by atomic mass is 10.1. The van der Waals surface area contributed by atoms with Crippen LogP contribution < -0.4 is 5.32 Å². The first kappa shape index (κ1) is 20.2. The smallest absolute Gasteiger partial charge is 0.318 e. The van der Waals surface area contributed by atoms with E-state index in [4.69, 9.17) is 23.2 Å². The summed E-state index contributed by atoms with van der Waals surface area (Å²) in [7, 11) is 0. The van der Waals surface area contributed by atoms with E-state index >= 15 is 0 Å². The van der Waals surface area contributed by atoms with Gasteiger partial charge in [-0.3, -0.25) is 4.98 Å². The Hall–Kier alpha value is -2.56. The fraction of sp³-hybridized carbons (Fsp3) is 0.182. The molecule has 2 aromatic carbocycles. The van der Waals surface area contributed by atoms with Crippen molar-refractivity contribution < 1.29 is 4.79 Å². The number of anilines is 1. The predicted octanol–water partition coefficient (Wildman–Crippen LogP) is 5.97. The minimum Gasteiger partial charge on any atom is -0.318 e. The number of nitrogens with one attached hydrogen (secondary N) is 1. The van der Waals surface area contributed by atoms with Crippen molar-refractivity contribution in [2.24, 2.45) is 0 Å². The van der Waals surface area contributed by atoms with Gasteiger partial charge in [0, 0.05) is 28.5 Å². The van der Waals surface area contributed by atoms with Crippen molar-refractivity contribution in [2.45, 2.75) is 19.9 Å². The predicted molar refractivity (Wildman–Crippen MR) is 115 cm³/mol. The molecule has 0 saturated heterocycles. The Morgan fingerprint density at radius 1 is 1.07 bits per heavy atom. The first-order valence-corrected chi connectivity index (χ1v) is 9.74. The van der Waals surface area contributed by atoms with E-state index in [1.54, 1.807) is 23.2 Å². The Kier molecular flexibility index (Phi) is 6.90. The number of amides is 2. The lowest BCUT2D eigenvalue weighted by molar-refractivity contribution is 0.209. The van der Waals surface area contributed by atoms with Gasteiger partial charge >= 0.3 is 6.03 Å². The highest BCUT2D eigenvalue weighted by molar-refractivity contribution is 6.35. The van der Waals surface area contributed by atoms with Gasteiger partial charge in [-0.15, -0.1) is 0 Å². The first-order valence-electron chi connectivity index (χ1n) is 8.98. The van der Waals surface area contributed by atoms with Gasteiger partial charge in [0.25, 0.3) is 0 Å². The second-order valence-electron chi connectivity index (χ2n) is 6.47. The van der Waals surface area contributed by atoms with Gasteiger partial charge < -0.3 is 10.2 Å². The molecule has 0 unspecified atom stereocenters. The maximum Gasteiger partial charge on any atom is 0.322 e. The van der Waals surface area contributed by atoms with Gasteiger partial charge in [-0.1, -0.05) is 53.5 Å². The third kappa shape index (κ3) is 5.47. The fourth-order valence-electron chi connectivity index (χ4n) is 2.83.